The van der Waals surface area contributed by atoms with Crippen LogP contribution in [0.5, 0.6) is 5.75 Å². The van der Waals surface area contributed by atoms with Crippen molar-refractivity contribution in [1.82, 2.24) is 5.32 Å². The van der Waals surface area contributed by atoms with Gasteiger partial charge in [0.05, 0.1) is 12.8 Å². The van der Waals surface area contributed by atoms with Crippen molar-refractivity contribution >= 4 is 29.5 Å². The number of ether oxygens (including phenoxy) is 1. The van der Waals surface area contributed by atoms with Crippen LogP contribution in [0.3, 0.4) is 0 Å². The lowest BCUT2D eigenvalue weighted by Crippen LogP contribution is -2.33. The maximum absolute atomic E-state index is 13.9. The zero-order chi connectivity index (χ0) is 26.4. The molecule has 1 aliphatic carbocycles. The largest absolute Gasteiger partial charge is 0.495 e. The van der Waals surface area contributed by atoms with E-state index in [1.54, 1.807) is 42.6 Å². The summed E-state index contributed by atoms with van der Waals surface area (Å²) < 4.78 is 5.58. The second-order valence-electron chi connectivity index (χ2n) is 9.36. The highest BCUT2D eigenvalue weighted by Gasteiger charge is 2.39. The third kappa shape index (κ3) is 5.35. The molecule has 0 fully saturated rings. The molecule has 2 aromatic rings. The van der Waals surface area contributed by atoms with Gasteiger partial charge in [-0.05, 0) is 73.9 Å². The van der Waals surface area contributed by atoms with Gasteiger partial charge in [0.15, 0.2) is 0 Å². The van der Waals surface area contributed by atoms with Crippen molar-refractivity contribution in [2.45, 2.75) is 32.6 Å². The van der Waals surface area contributed by atoms with Crippen molar-refractivity contribution in [2.24, 2.45) is 5.41 Å². The molecule has 1 spiro atoms. The molecule has 0 saturated heterocycles. The topological polar surface area (TPSA) is 79.0 Å². The Labute approximate surface area is 218 Å². The van der Waals surface area contributed by atoms with Gasteiger partial charge in [0.1, 0.15) is 12.0 Å². The zero-order valence-corrected chi connectivity index (χ0v) is 21.4. The van der Waals surface area contributed by atoms with Crippen LogP contribution in [0.25, 0.3) is 0 Å². The number of hydrogen-bond acceptors (Lipinski definition) is 5. The van der Waals surface area contributed by atoms with Crippen molar-refractivity contribution < 1.29 is 19.1 Å². The summed E-state index contributed by atoms with van der Waals surface area (Å²) in [5, 5.41) is 2.92. The van der Waals surface area contributed by atoms with Crippen molar-refractivity contribution in [3.8, 4) is 5.75 Å². The summed E-state index contributed by atoms with van der Waals surface area (Å²) >= 11 is 0. The highest BCUT2D eigenvalue weighted by molar-refractivity contribution is 6.07. The Morgan fingerprint density at radius 2 is 2.03 bits per heavy atom. The molecule has 1 heterocycles. The van der Waals surface area contributed by atoms with Gasteiger partial charge in [0.25, 0.3) is 5.91 Å². The lowest BCUT2D eigenvalue weighted by molar-refractivity contribution is -0.117. The second kappa shape index (κ2) is 11.3. The number of fused-ring (bicyclic) bond motifs is 1. The number of allylic oxidation sites excluding steroid dienone is 2. The Bertz CT molecular complexity index is 1270. The molecule has 2 aliphatic rings. The lowest BCUT2D eigenvalue weighted by Gasteiger charge is -2.26. The molecule has 0 radical (unpaired) electrons. The van der Waals surface area contributed by atoms with Crippen LogP contribution in [-0.4, -0.2) is 38.3 Å². The number of nitrogens with one attached hydrogen (secondary N) is 1. The first-order valence-electron chi connectivity index (χ1n) is 12.6. The Morgan fingerprint density at radius 1 is 1.22 bits per heavy atom. The SMILES string of the molecule is C=CN(/C=C\C=O)c1ccc(C(=O)N2CCC3(C=C(C(=O)NCC)CC3)Cc3ccccc32)cc1OC. The zero-order valence-electron chi connectivity index (χ0n) is 21.4. The number of amides is 2. The number of aldehydes is 1. The molecular formula is C30H33N3O4. The molecule has 7 nitrogen and oxygen atoms in total. The number of rotatable bonds is 8. The number of methoxy groups -OCH3 is 1. The highest BCUT2D eigenvalue weighted by Crippen LogP contribution is 2.46. The first-order chi connectivity index (χ1) is 17.9. The predicted octanol–water partition coefficient (Wildman–Crippen LogP) is 4.79. The van der Waals surface area contributed by atoms with Crippen molar-refractivity contribution in [2.75, 3.05) is 30.0 Å². The summed E-state index contributed by atoms with van der Waals surface area (Å²) in [6, 6.07) is 13.3. The van der Waals surface area contributed by atoms with E-state index < -0.39 is 0 Å². The minimum Gasteiger partial charge on any atom is -0.495 e. The molecule has 192 valence electrons. The molecule has 4 rings (SSSR count). The van der Waals surface area contributed by atoms with Gasteiger partial charge >= 0.3 is 0 Å². The number of carbonyl (C=O) groups excluding carboxylic acids is 3. The van der Waals surface area contributed by atoms with E-state index in [2.05, 4.69) is 24.0 Å². The van der Waals surface area contributed by atoms with Crippen LogP contribution in [0.4, 0.5) is 11.4 Å². The normalized spacial score (nSPS) is 18.6. The van der Waals surface area contributed by atoms with E-state index in [9.17, 15) is 14.4 Å². The summed E-state index contributed by atoms with van der Waals surface area (Å²) in [4.78, 5) is 40.6. The van der Waals surface area contributed by atoms with Gasteiger partial charge in [-0.1, -0.05) is 30.9 Å². The van der Waals surface area contributed by atoms with Crippen LogP contribution in [0, 0.1) is 5.41 Å². The Morgan fingerprint density at radius 3 is 2.76 bits per heavy atom. The van der Waals surface area contributed by atoms with Crippen LogP contribution in [0.2, 0.25) is 0 Å². The Kier molecular flexibility index (Phi) is 7.92. The Balaban J connectivity index is 1.66. The number of benzene rings is 2. The minimum absolute atomic E-state index is 0.00794. The molecule has 2 aromatic carbocycles. The van der Waals surface area contributed by atoms with Crippen LogP contribution in [0.1, 0.15) is 42.1 Å². The summed E-state index contributed by atoms with van der Waals surface area (Å²) in [5.41, 5.74) is 3.85. The number of hydrogen-bond donors (Lipinski definition) is 1. The fraction of sp³-hybridized carbons (Fsp3) is 0.300. The monoisotopic (exact) mass is 499 g/mol. The van der Waals surface area contributed by atoms with E-state index in [1.807, 2.05) is 30.0 Å². The molecular weight excluding hydrogens is 466 g/mol. The fourth-order valence-electron chi connectivity index (χ4n) is 5.29. The summed E-state index contributed by atoms with van der Waals surface area (Å²) in [7, 11) is 1.54. The fourth-order valence-corrected chi connectivity index (χ4v) is 5.29. The summed E-state index contributed by atoms with van der Waals surface area (Å²) in [6.45, 7) is 6.86. The molecule has 7 heteroatoms. The Hall–Kier alpha value is -4.13. The van der Waals surface area contributed by atoms with E-state index in [-0.39, 0.29) is 17.2 Å². The molecule has 1 N–H and O–H groups in total. The average Bonchev–Trinajstić information content (AvgIpc) is 3.26. The maximum atomic E-state index is 13.9. The van der Waals surface area contributed by atoms with Gasteiger partial charge in [0, 0.05) is 42.3 Å². The lowest BCUT2D eigenvalue weighted by atomic mass is 9.79. The van der Waals surface area contributed by atoms with Crippen molar-refractivity contribution in [1.29, 1.82) is 0 Å². The predicted molar refractivity (Wildman–Crippen MR) is 146 cm³/mol. The van der Waals surface area contributed by atoms with Gasteiger partial charge in [-0.3, -0.25) is 14.4 Å². The maximum Gasteiger partial charge on any atom is 0.258 e. The van der Waals surface area contributed by atoms with E-state index in [0.29, 0.717) is 36.4 Å². The van der Waals surface area contributed by atoms with Gasteiger partial charge in [0.2, 0.25) is 5.91 Å². The molecule has 0 bridgehead atoms. The molecule has 37 heavy (non-hydrogen) atoms. The average molecular weight is 500 g/mol. The van der Waals surface area contributed by atoms with Gasteiger partial charge in [-0.2, -0.15) is 0 Å². The van der Waals surface area contributed by atoms with Crippen LogP contribution < -0.4 is 19.9 Å². The van der Waals surface area contributed by atoms with Gasteiger partial charge in [-0.15, -0.1) is 0 Å². The third-order valence-electron chi connectivity index (χ3n) is 7.13. The van der Waals surface area contributed by atoms with Crippen LogP contribution >= 0.6 is 0 Å². The number of nitrogens with zero attached hydrogens (tertiary/aromatic N) is 2. The first kappa shape index (κ1) is 25.9. The standard InChI is InChI=1S/C30H33N3O4/c1-4-31-28(35)24-13-14-30(21-24)15-17-33(25-10-7-6-9-23(25)20-30)29(36)22-11-12-26(27(19-22)37-3)32(5-2)16-8-18-34/h5-12,16,18-19,21H,2,4,13-15,17,20H2,1,3H3,(H,31,35)/b16-8-. The number of likely N-dealkylation sites (N-methyl/N-ethyl adjacent to an activating group) is 1. The second-order valence-corrected chi connectivity index (χ2v) is 9.36. The highest BCUT2D eigenvalue weighted by atomic mass is 16.5. The van der Waals surface area contributed by atoms with Gasteiger partial charge in [-0.25, -0.2) is 0 Å². The minimum atomic E-state index is -0.150. The number of anilines is 2. The smallest absolute Gasteiger partial charge is 0.258 e. The number of para-hydroxylation sites is 1. The van der Waals surface area contributed by atoms with Gasteiger partial charge < -0.3 is 19.9 Å². The first-order valence-corrected chi connectivity index (χ1v) is 12.6. The molecule has 2 amide bonds. The number of carbonyl (C=O) groups is 3. The quantitative estimate of drug-likeness (QED) is 0.417. The van der Waals surface area contributed by atoms with E-state index >= 15 is 0 Å². The van der Waals surface area contributed by atoms with E-state index in [4.69, 9.17) is 4.74 Å². The van der Waals surface area contributed by atoms with Crippen LogP contribution in [-0.2, 0) is 16.0 Å². The van der Waals surface area contributed by atoms with Crippen molar-refractivity contribution in [3.63, 3.8) is 0 Å². The van der Waals surface area contributed by atoms with E-state index in [1.165, 1.54) is 6.08 Å². The molecule has 1 aliphatic heterocycles. The van der Waals surface area contributed by atoms with E-state index in [0.717, 1.165) is 42.5 Å². The summed E-state index contributed by atoms with van der Waals surface area (Å²) in [6.07, 6.45) is 10.5. The molecule has 0 saturated carbocycles. The van der Waals surface area contributed by atoms with Crippen LogP contribution in [0.15, 0.2) is 79.2 Å². The molecule has 1 atom stereocenters. The molecule has 1 unspecified atom stereocenters. The van der Waals surface area contributed by atoms with Crippen molar-refractivity contribution in [3.05, 3.63) is 90.3 Å². The molecule has 0 aromatic heterocycles. The summed E-state index contributed by atoms with van der Waals surface area (Å²) in [5.74, 6) is 0.383. The third-order valence-corrected chi connectivity index (χ3v) is 7.13.